The molecule has 150 valence electrons. The van der Waals surface area contributed by atoms with Gasteiger partial charge in [-0.05, 0) is 32.0 Å². The predicted molar refractivity (Wildman–Crippen MR) is 98.3 cm³/mol. The summed E-state index contributed by atoms with van der Waals surface area (Å²) in [4.78, 5) is 23.3. The van der Waals surface area contributed by atoms with Crippen LogP contribution in [0.3, 0.4) is 0 Å². The number of carbonyl (C=O) groups is 2. The molecule has 0 bridgehead atoms. The molecule has 1 saturated heterocycles. The third-order valence-electron chi connectivity index (χ3n) is 3.76. The smallest absolute Gasteiger partial charge is 0.321 e. The number of imide groups is 1. The number of hydrogen-bond acceptors (Lipinski definition) is 6. The van der Waals surface area contributed by atoms with Gasteiger partial charge in [-0.25, -0.2) is 13.2 Å². The number of urea groups is 1. The van der Waals surface area contributed by atoms with Crippen molar-refractivity contribution in [1.82, 2.24) is 14.9 Å². The molecular weight excluding hydrogens is 398 g/mol. The second-order valence-electron chi connectivity index (χ2n) is 5.72. The lowest BCUT2D eigenvalue weighted by Crippen LogP contribution is -2.45. The van der Waals surface area contributed by atoms with Gasteiger partial charge in [-0.15, -0.1) is 0 Å². The lowest BCUT2D eigenvalue weighted by atomic mass is 10.3. The number of nitrogens with zero attached hydrogens (tertiary/aromatic N) is 1. The van der Waals surface area contributed by atoms with Crippen LogP contribution in [0.25, 0.3) is 0 Å². The van der Waals surface area contributed by atoms with Crippen LogP contribution in [-0.2, 0) is 19.6 Å². The minimum absolute atomic E-state index is 0.0289. The highest BCUT2D eigenvalue weighted by molar-refractivity contribution is 7.89. The van der Waals surface area contributed by atoms with Crippen molar-refractivity contribution in [3.05, 3.63) is 23.2 Å². The van der Waals surface area contributed by atoms with E-state index in [0.29, 0.717) is 19.8 Å². The molecule has 1 fully saturated rings. The van der Waals surface area contributed by atoms with Crippen molar-refractivity contribution in [1.29, 1.82) is 0 Å². The topological polar surface area (TPSA) is 114 Å². The number of benzene rings is 1. The largest absolute Gasteiger partial charge is 0.479 e. The van der Waals surface area contributed by atoms with Crippen molar-refractivity contribution in [3.8, 4) is 5.75 Å². The maximum absolute atomic E-state index is 12.6. The minimum atomic E-state index is -3.69. The van der Waals surface area contributed by atoms with Crippen LogP contribution in [0.4, 0.5) is 4.79 Å². The molecule has 0 aromatic heterocycles. The quantitative estimate of drug-likeness (QED) is 0.710. The highest BCUT2D eigenvalue weighted by Gasteiger charge is 2.27. The summed E-state index contributed by atoms with van der Waals surface area (Å²) in [5.74, 6) is -0.516. The highest BCUT2D eigenvalue weighted by Crippen LogP contribution is 2.29. The number of hydrogen-bond donors (Lipinski definition) is 2. The average molecular weight is 420 g/mol. The van der Waals surface area contributed by atoms with E-state index >= 15 is 0 Å². The predicted octanol–water partition coefficient (Wildman–Crippen LogP) is 0.974. The SMILES string of the molecule is CCNC(=O)NC(=O)[C@@H](C)Oc1ccc(S(=O)(=O)N2CCOCC2)cc1Cl. The molecular formula is C16H22ClN3O6S. The fourth-order valence-corrected chi connectivity index (χ4v) is 4.06. The molecule has 1 aliphatic rings. The van der Waals surface area contributed by atoms with Crippen LogP contribution in [0.2, 0.25) is 5.02 Å². The molecule has 1 heterocycles. The van der Waals surface area contributed by atoms with Crippen LogP contribution in [0, 0.1) is 0 Å². The fourth-order valence-electron chi connectivity index (χ4n) is 2.34. The lowest BCUT2D eigenvalue weighted by Gasteiger charge is -2.26. The summed E-state index contributed by atoms with van der Waals surface area (Å²) in [5, 5.41) is 4.60. The summed E-state index contributed by atoms with van der Waals surface area (Å²) >= 11 is 6.13. The summed E-state index contributed by atoms with van der Waals surface area (Å²) in [7, 11) is -3.69. The molecule has 0 saturated carbocycles. The third kappa shape index (κ3) is 5.55. The van der Waals surface area contributed by atoms with Gasteiger partial charge in [0.1, 0.15) is 5.75 Å². The number of rotatable bonds is 6. The van der Waals surface area contributed by atoms with Gasteiger partial charge in [-0.2, -0.15) is 4.31 Å². The van der Waals surface area contributed by atoms with E-state index in [9.17, 15) is 18.0 Å². The van der Waals surface area contributed by atoms with E-state index in [1.807, 2.05) is 0 Å². The van der Waals surface area contributed by atoms with E-state index in [1.54, 1.807) is 6.92 Å². The van der Waals surface area contributed by atoms with Gasteiger partial charge in [-0.1, -0.05) is 11.6 Å². The number of sulfonamides is 1. The van der Waals surface area contributed by atoms with E-state index in [2.05, 4.69) is 10.6 Å². The zero-order valence-electron chi connectivity index (χ0n) is 15.0. The van der Waals surface area contributed by atoms with Crippen LogP contribution in [0.15, 0.2) is 23.1 Å². The van der Waals surface area contributed by atoms with Gasteiger partial charge in [-0.3, -0.25) is 10.1 Å². The van der Waals surface area contributed by atoms with Gasteiger partial charge in [0.2, 0.25) is 10.0 Å². The molecule has 2 N–H and O–H groups in total. The molecule has 1 atom stereocenters. The fraction of sp³-hybridized carbons (Fsp3) is 0.500. The van der Waals surface area contributed by atoms with E-state index in [-0.39, 0.29) is 28.8 Å². The Bertz CT molecular complexity index is 795. The number of halogens is 1. The molecule has 0 aliphatic carbocycles. The van der Waals surface area contributed by atoms with E-state index in [0.717, 1.165) is 0 Å². The van der Waals surface area contributed by atoms with Crippen molar-refractivity contribution in [2.24, 2.45) is 0 Å². The van der Waals surface area contributed by atoms with Gasteiger partial charge >= 0.3 is 6.03 Å². The Balaban J connectivity index is 2.07. The minimum Gasteiger partial charge on any atom is -0.479 e. The van der Waals surface area contributed by atoms with E-state index < -0.39 is 28.1 Å². The van der Waals surface area contributed by atoms with Gasteiger partial charge in [0.05, 0.1) is 23.1 Å². The standard InChI is InChI=1S/C16H22ClN3O6S/c1-3-18-16(22)19-15(21)11(2)26-14-5-4-12(10-13(14)17)27(23,24)20-6-8-25-9-7-20/h4-5,10-11H,3,6-9H2,1-2H3,(H2,18,19,21,22)/t11-/m1/s1. The first-order valence-electron chi connectivity index (χ1n) is 8.38. The van der Waals surface area contributed by atoms with Crippen molar-refractivity contribution < 1.29 is 27.5 Å². The Hall–Kier alpha value is -1.88. The van der Waals surface area contributed by atoms with Crippen molar-refractivity contribution in [2.45, 2.75) is 24.8 Å². The maximum atomic E-state index is 12.6. The first kappa shape index (κ1) is 21.4. The Labute approximate surface area is 163 Å². The van der Waals surface area contributed by atoms with Gasteiger partial charge < -0.3 is 14.8 Å². The normalized spacial score (nSPS) is 16.4. The van der Waals surface area contributed by atoms with E-state index in [4.69, 9.17) is 21.1 Å². The molecule has 0 radical (unpaired) electrons. The summed E-state index contributed by atoms with van der Waals surface area (Å²) in [5.41, 5.74) is 0. The molecule has 9 nitrogen and oxygen atoms in total. The number of nitrogens with one attached hydrogen (secondary N) is 2. The first-order chi connectivity index (χ1) is 12.8. The monoisotopic (exact) mass is 419 g/mol. The van der Waals surface area contributed by atoms with Crippen LogP contribution in [-0.4, -0.2) is 63.6 Å². The number of amides is 3. The van der Waals surface area contributed by atoms with Gasteiger partial charge in [0.25, 0.3) is 5.91 Å². The van der Waals surface area contributed by atoms with Crippen LogP contribution >= 0.6 is 11.6 Å². The zero-order valence-corrected chi connectivity index (χ0v) is 16.6. The second kappa shape index (κ2) is 9.36. The van der Waals surface area contributed by atoms with E-state index in [1.165, 1.54) is 29.4 Å². The molecule has 1 aromatic rings. The molecule has 0 spiro atoms. The number of carbonyl (C=O) groups excluding carboxylic acids is 2. The molecule has 0 unspecified atom stereocenters. The summed E-state index contributed by atoms with van der Waals surface area (Å²) < 4.78 is 37.2. The molecule has 1 aliphatic heterocycles. The maximum Gasteiger partial charge on any atom is 0.321 e. The molecule has 3 amide bonds. The van der Waals surface area contributed by atoms with Crippen LogP contribution in [0.1, 0.15) is 13.8 Å². The molecule has 2 rings (SSSR count). The molecule has 27 heavy (non-hydrogen) atoms. The van der Waals surface area contributed by atoms with Crippen molar-refractivity contribution >= 4 is 33.6 Å². The average Bonchev–Trinajstić information content (AvgIpc) is 2.64. The summed E-state index contributed by atoms with van der Waals surface area (Å²) in [6, 6.07) is 3.39. The Morgan fingerprint density at radius 2 is 2.00 bits per heavy atom. The Morgan fingerprint density at radius 1 is 1.33 bits per heavy atom. The highest BCUT2D eigenvalue weighted by atomic mass is 35.5. The summed E-state index contributed by atoms with van der Waals surface area (Å²) in [6.07, 6.45) is -1.01. The number of morpholine rings is 1. The van der Waals surface area contributed by atoms with Crippen molar-refractivity contribution in [2.75, 3.05) is 32.8 Å². The van der Waals surface area contributed by atoms with Gasteiger partial charge in [0, 0.05) is 19.6 Å². The molecule has 1 aromatic carbocycles. The Morgan fingerprint density at radius 3 is 2.59 bits per heavy atom. The van der Waals surface area contributed by atoms with Crippen molar-refractivity contribution in [3.63, 3.8) is 0 Å². The molecule has 11 heteroatoms. The van der Waals surface area contributed by atoms with Gasteiger partial charge in [0.15, 0.2) is 6.10 Å². The third-order valence-corrected chi connectivity index (χ3v) is 5.95. The van der Waals surface area contributed by atoms with Crippen LogP contribution < -0.4 is 15.4 Å². The lowest BCUT2D eigenvalue weighted by molar-refractivity contribution is -0.126. The van der Waals surface area contributed by atoms with Crippen LogP contribution in [0.5, 0.6) is 5.75 Å². The number of ether oxygens (including phenoxy) is 2. The summed E-state index contributed by atoms with van der Waals surface area (Å²) in [6.45, 7) is 4.77. The first-order valence-corrected chi connectivity index (χ1v) is 10.2. The zero-order chi connectivity index (χ0) is 20.0. The second-order valence-corrected chi connectivity index (χ2v) is 8.06. The Kier molecular flexibility index (Phi) is 7.42.